The summed E-state index contributed by atoms with van der Waals surface area (Å²) >= 11 is 0. The van der Waals surface area contributed by atoms with E-state index in [-0.39, 0.29) is 17.7 Å². The van der Waals surface area contributed by atoms with Gasteiger partial charge in [-0.25, -0.2) is 14.7 Å². The number of anilines is 1. The Morgan fingerprint density at radius 1 is 1.03 bits per heavy atom. The van der Waals surface area contributed by atoms with Crippen LogP contribution in [0.4, 0.5) is 18.9 Å². The molecule has 0 amide bonds. The number of rotatable bonds is 5. The molecule has 0 radical (unpaired) electrons. The highest BCUT2D eigenvalue weighted by Gasteiger charge is 2.38. The van der Waals surface area contributed by atoms with Gasteiger partial charge in [0, 0.05) is 31.9 Å². The van der Waals surface area contributed by atoms with Crippen LogP contribution in [0.15, 0.2) is 24.3 Å². The van der Waals surface area contributed by atoms with Crippen LogP contribution < -0.4 is 9.64 Å². The molecule has 3 N–H and O–H groups in total. The van der Waals surface area contributed by atoms with Crippen molar-refractivity contribution >= 4 is 17.6 Å². The number of hydrogen-bond donors (Lipinski definition) is 3. The number of H-pyrrole nitrogens is 1. The van der Waals surface area contributed by atoms with Crippen molar-refractivity contribution in [3.63, 3.8) is 0 Å². The van der Waals surface area contributed by atoms with E-state index in [9.17, 15) is 18.0 Å². The molecule has 1 saturated carbocycles. The monoisotopic (exact) mass is 499 g/mol. The van der Waals surface area contributed by atoms with Crippen LogP contribution in [0.1, 0.15) is 47.7 Å². The zero-order chi connectivity index (χ0) is 25.6. The quantitative estimate of drug-likeness (QED) is 0.568. The van der Waals surface area contributed by atoms with E-state index in [0.717, 1.165) is 51.9 Å². The topological polar surface area (TPSA) is 132 Å². The molecule has 2 aliphatic rings. The second-order valence-corrected chi connectivity index (χ2v) is 8.57. The molecule has 0 bridgehead atoms. The van der Waals surface area contributed by atoms with Crippen molar-refractivity contribution in [3.8, 4) is 5.88 Å². The van der Waals surface area contributed by atoms with E-state index in [1.165, 1.54) is 11.3 Å². The molecule has 0 atom stereocenters. The van der Waals surface area contributed by atoms with E-state index >= 15 is 0 Å². The number of benzene rings is 1. The van der Waals surface area contributed by atoms with Crippen molar-refractivity contribution in [1.29, 1.82) is 0 Å². The summed E-state index contributed by atoms with van der Waals surface area (Å²) in [6.45, 7) is 4.39. The summed E-state index contributed by atoms with van der Waals surface area (Å²) in [5.74, 6) is -3.24. The van der Waals surface area contributed by atoms with E-state index in [0.29, 0.717) is 5.92 Å². The number of aromatic amines is 1. The maximum Gasteiger partial charge on any atom is 0.490 e. The highest BCUT2D eigenvalue weighted by atomic mass is 19.4. The lowest BCUT2D eigenvalue weighted by molar-refractivity contribution is -0.192. The lowest BCUT2D eigenvalue weighted by Gasteiger charge is -2.34. The number of nitrogens with one attached hydrogen (secondary N) is 1. The molecule has 1 aromatic carbocycles. The molecule has 0 unspecified atom stereocenters. The number of halogens is 3. The number of carbonyl (C=O) groups is 2. The number of aromatic carboxylic acids is 1. The van der Waals surface area contributed by atoms with Gasteiger partial charge < -0.3 is 24.7 Å². The van der Waals surface area contributed by atoms with Crippen LogP contribution in [0.5, 0.6) is 5.88 Å². The summed E-state index contributed by atoms with van der Waals surface area (Å²) in [5.41, 5.74) is 2.60. The number of hydrogen-bond acceptors (Lipinski definition) is 7. The number of carboxylic acid groups (broad SMARTS) is 2. The Morgan fingerprint density at radius 2 is 1.60 bits per heavy atom. The van der Waals surface area contributed by atoms with Gasteiger partial charge in [0.2, 0.25) is 5.69 Å². The molecule has 13 heteroatoms. The summed E-state index contributed by atoms with van der Waals surface area (Å²) in [5, 5.41) is 25.9. The van der Waals surface area contributed by atoms with Crippen molar-refractivity contribution in [2.45, 2.75) is 43.9 Å². The molecule has 10 nitrogen and oxygen atoms in total. The Kier molecular flexibility index (Phi) is 8.54. The van der Waals surface area contributed by atoms with Gasteiger partial charge in [-0.05, 0) is 56.3 Å². The zero-order valence-electron chi connectivity index (χ0n) is 19.2. The Balaban J connectivity index is 0.000000429. The minimum atomic E-state index is -5.08. The van der Waals surface area contributed by atoms with Crippen molar-refractivity contribution < 1.29 is 37.7 Å². The summed E-state index contributed by atoms with van der Waals surface area (Å²) in [4.78, 5) is 24.8. The fraction of sp³-hybridized carbons (Fsp3) is 0.545. The third-order valence-corrected chi connectivity index (χ3v) is 6.16. The van der Waals surface area contributed by atoms with Crippen LogP contribution >= 0.6 is 0 Å². The molecular formula is C22H28F3N5O5. The summed E-state index contributed by atoms with van der Waals surface area (Å²) in [7, 11) is 2.17. The van der Waals surface area contributed by atoms with E-state index in [1.54, 1.807) is 0 Å². The average molecular weight is 499 g/mol. The van der Waals surface area contributed by atoms with E-state index < -0.39 is 18.1 Å². The third-order valence-electron chi connectivity index (χ3n) is 6.16. The fourth-order valence-electron chi connectivity index (χ4n) is 4.13. The molecule has 1 aromatic heterocycles. The van der Waals surface area contributed by atoms with Crippen LogP contribution in [0.25, 0.3) is 0 Å². The number of alkyl halides is 3. The Morgan fingerprint density at radius 3 is 2.11 bits per heavy atom. The molecule has 2 fully saturated rings. The van der Waals surface area contributed by atoms with Gasteiger partial charge >= 0.3 is 18.1 Å². The number of carboxylic acids is 2. The standard InChI is InChI=1S/C20H27N5O3.C2HF3O2/c1-24-10-12-25(13-11-24)16-6-2-14(3-7-16)15-4-8-17(9-5-15)28-19-18(20(26)27)21-23-22-19;3-2(4,5)1(6)7/h2-3,6-7,15,17H,4-5,8-13H2,1H3,(H,26,27)(H,21,22,23);(H,6,7). The molecule has 2 heterocycles. The second-order valence-electron chi connectivity index (χ2n) is 8.57. The van der Waals surface area contributed by atoms with Crippen molar-refractivity contribution in [2.75, 3.05) is 38.1 Å². The highest BCUT2D eigenvalue weighted by molar-refractivity contribution is 5.87. The van der Waals surface area contributed by atoms with E-state index in [4.69, 9.17) is 19.7 Å². The van der Waals surface area contributed by atoms with Crippen molar-refractivity contribution in [2.24, 2.45) is 0 Å². The number of piperazine rings is 1. The molecular weight excluding hydrogens is 471 g/mol. The first-order valence-electron chi connectivity index (χ1n) is 11.2. The summed E-state index contributed by atoms with van der Waals surface area (Å²) in [6.07, 6.45) is -1.27. The normalized spacial score (nSPS) is 21.1. The van der Waals surface area contributed by atoms with Crippen LogP contribution in [-0.2, 0) is 4.79 Å². The van der Waals surface area contributed by atoms with Gasteiger partial charge in [0.1, 0.15) is 6.10 Å². The fourth-order valence-corrected chi connectivity index (χ4v) is 4.13. The van der Waals surface area contributed by atoms with Gasteiger partial charge in [0.15, 0.2) is 0 Å². The first kappa shape index (κ1) is 26.3. The van der Waals surface area contributed by atoms with Crippen LogP contribution in [-0.4, -0.2) is 88.0 Å². The van der Waals surface area contributed by atoms with E-state index in [2.05, 4.69) is 56.5 Å². The number of ether oxygens (including phenoxy) is 1. The first-order valence-corrected chi connectivity index (χ1v) is 11.2. The third kappa shape index (κ3) is 7.31. The van der Waals surface area contributed by atoms with Gasteiger partial charge in [-0.1, -0.05) is 22.4 Å². The van der Waals surface area contributed by atoms with Crippen LogP contribution in [0.3, 0.4) is 0 Å². The second kappa shape index (κ2) is 11.4. The SMILES string of the molecule is CN1CCN(c2ccc(C3CCC(Oc4nn[nH]c4C(=O)O)CC3)cc2)CC1.O=C(O)C(F)(F)F. The minimum Gasteiger partial charge on any atom is -0.476 e. The number of nitrogens with zero attached hydrogens (tertiary/aromatic N) is 4. The molecule has 192 valence electrons. The van der Waals surface area contributed by atoms with E-state index in [1.807, 2.05) is 0 Å². The number of likely N-dealkylation sites (N-methyl/N-ethyl adjacent to an activating group) is 1. The maximum absolute atomic E-state index is 11.1. The molecule has 1 aliphatic heterocycles. The van der Waals surface area contributed by atoms with Crippen molar-refractivity contribution in [3.05, 3.63) is 35.5 Å². The largest absolute Gasteiger partial charge is 0.490 e. The predicted molar refractivity (Wildman–Crippen MR) is 119 cm³/mol. The maximum atomic E-state index is 11.1. The molecule has 35 heavy (non-hydrogen) atoms. The van der Waals surface area contributed by atoms with Crippen molar-refractivity contribution in [1.82, 2.24) is 20.3 Å². The molecule has 1 aliphatic carbocycles. The summed E-state index contributed by atoms with van der Waals surface area (Å²) in [6, 6.07) is 9.02. The molecule has 0 spiro atoms. The van der Waals surface area contributed by atoms with Crippen LogP contribution in [0.2, 0.25) is 0 Å². The van der Waals surface area contributed by atoms with Gasteiger partial charge in [-0.3, -0.25) is 0 Å². The number of aliphatic carboxylic acids is 1. The molecule has 2 aromatic rings. The first-order chi connectivity index (χ1) is 16.5. The van der Waals surface area contributed by atoms with Gasteiger partial charge in [0.25, 0.3) is 5.88 Å². The predicted octanol–water partition coefficient (Wildman–Crippen LogP) is 2.99. The lowest BCUT2D eigenvalue weighted by Crippen LogP contribution is -2.44. The van der Waals surface area contributed by atoms with Gasteiger partial charge in [0.05, 0.1) is 0 Å². The van der Waals surface area contributed by atoms with Gasteiger partial charge in [-0.2, -0.15) is 13.2 Å². The minimum absolute atomic E-state index is 0.0101. The Bertz CT molecular complexity index is 982. The van der Waals surface area contributed by atoms with Crippen LogP contribution in [0, 0.1) is 0 Å². The molecule has 4 rings (SSSR count). The van der Waals surface area contributed by atoms with Gasteiger partial charge in [-0.15, -0.1) is 0 Å². The zero-order valence-corrected chi connectivity index (χ0v) is 19.2. The average Bonchev–Trinajstić information content (AvgIpc) is 3.29. The Hall–Kier alpha value is -3.35. The number of aromatic nitrogens is 3. The lowest BCUT2D eigenvalue weighted by atomic mass is 9.82. The smallest absolute Gasteiger partial charge is 0.476 e. The molecule has 1 saturated heterocycles. The Labute approximate surface area is 199 Å². The summed E-state index contributed by atoms with van der Waals surface area (Å²) < 4.78 is 37.5. The highest BCUT2D eigenvalue weighted by Crippen LogP contribution is 2.35.